The lowest BCUT2D eigenvalue weighted by atomic mass is 9.87. The molecule has 26 heavy (non-hydrogen) atoms. The van der Waals surface area contributed by atoms with Gasteiger partial charge in [0.05, 0.1) is 18.0 Å². The summed E-state index contributed by atoms with van der Waals surface area (Å²) in [6.07, 6.45) is 4.85. The topological polar surface area (TPSA) is 118 Å². The Morgan fingerprint density at radius 1 is 1.31 bits per heavy atom. The highest BCUT2D eigenvalue weighted by Gasteiger charge is 2.43. The molecule has 1 aliphatic heterocycles. The van der Waals surface area contributed by atoms with Crippen LogP contribution in [0, 0.1) is 0 Å². The Bertz CT molecular complexity index is 752. The van der Waals surface area contributed by atoms with E-state index in [1.165, 1.54) is 6.92 Å². The summed E-state index contributed by atoms with van der Waals surface area (Å²) in [5.74, 6) is 1.00. The van der Waals surface area contributed by atoms with E-state index in [9.17, 15) is 4.79 Å². The Hall–Kier alpha value is -2.77. The van der Waals surface area contributed by atoms with Crippen molar-refractivity contribution in [3.63, 3.8) is 0 Å². The van der Waals surface area contributed by atoms with Gasteiger partial charge in [0.15, 0.2) is 0 Å². The molecule has 1 amide bonds. The highest BCUT2D eigenvalue weighted by atomic mass is 16.5. The van der Waals surface area contributed by atoms with Crippen LogP contribution >= 0.6 is 0 Å². The number of hydrogen-bond acceptors (Lipinski definition) is 7. The fourth-order valence-corrected chi connectivity index (χ4v) is 3.72. The summed E-state index contributed by atoms with van der Waals surface area (Å²) >= 11 is 0. The second kappa shape index (κ2) is 7.23. The third-order valence-electron chi connectivity index (χ3n) is 4.68. The third kappa shape index (κ3) is 3.44. The third-order valence-corrected chi connectivity index (χ3v) is 4.68. The summed E-state index contributed by atoms with van der Waals surface area (Å²) in [6.45, 7) is 3.94. The van der Waals surface area contributed by atoms with Crippen molar-refractivity contribution in [1.82, 2.24) is 0 Å². The average molecular weight is 358 g/mol. The molecule has 2 aliphatic rings. The van der Waals surface area contributed by atoms with Crippen LogP contribution < -0.4 is 26.4 Å². The molecule has 8 heteroatoms. The minimum Gasteiger partial charge on any atom is -0.494 e. The van der Waals surface area contributed by atoms with E-state index >= 15 is 0 Å². The summed E-state index contributed by atoms with van der Waals surface area (Å²) in [5.41, 5.74) is 13.0. The number of carbonyl (C=O) groups is 1. The van der Waals surface area contributed by atoms with Gasteiger partial charge in [0.1, 0.15) is 11.4 Å². The zero-order valence-corrected chi connectivity index (χ0v) is 15.3. The lowest BCUT2D eigenvalue weighted by molar-refractivity contribution is -0.114. The maximum absolute atomic E-state index is 11.7. The monoisotopic (exact) mass is 358 g/mol. The van der Waals surface area contributed by atoms with Gasteiger partial charge >= 0.3 is 0 Å². The van der Waals surface area contributed by atoms with Gasteiger partial charge in [-0.15, -0.1) is 0 Å². The highest BCUT2D eigenvalue weighted by molar-refractivity contribution is 6.08. The van der Waals surface area contributed by atoms with Crippen LogP contribution in [0.1, 0.15) is 46.0 Å². The normalized spacial score (nSPS) is 18.9. The van der Waals surface area contributed by atoms with Crippen molar-refractivity contribution < 1.29 is 9.53 Å². The minimum absolute atomic E-state index is 0.163. The van der Waals surface area contributed by atoms with E-state index in [-0.39, 0.29) is 17.8 Å². The van der Waals surface area contributed by atoms with E-state index < -0.39 is 5.66 Å². The molecular formula is C18H26N6O2. The number of ether oxygens (including phenoxy) is 1. The number of nitrogens with two attached hydrogens (primary N) is 2. The SMILES string of the molecule is CCOc1ccc(NC(C)=O)c(N2C(N)=NC(N)=NC23CCCCC3)c1. The predicted octanol–water partition coefficient (Wildman–Crippen LogP) is 2.15. The molecule has 1 fully saturated rings. The number of benzene rings is 1. The zero-order valence-electron chi connectivity index (χ0n) is 15.3. The summed E-state index contributed by atoms with van der Waals surface area (Å²) in [4.78, 5) is 22.4. The number of aliphatic imine (C=N–C) groups is 2. The van der Waals surface area contributed by atoms with Crippen LogP contribution in [0.2, 0.25) is 0 Å². The first-order valence-electron chi connectivity index (χ1n) is 8.99. The molecular weight excluding hydrogens is 332 g/mol. The molecule has 1 aliphatic carbocycles. The van der Waals surface area contributed by atoms with E-state index in [1.54, 1.807) is 0 Å². The molecule has 0 saturated heterocycles. The fourth-order valence-electron chi connectivity index (χ4n) is 3.72. The maximum Gasteiger partial charge on any atom is 0.221 e. The van der Waals surface area contributed by atoms with Gasteiger partial charge < -0.3 is 21.5 Å². The number of nitrogens with one attached hydrogen (secondary N) is 1. The molecule has 0 bridgehead atoms. The first-order chi connectivity index (χ1) is 12.4. The largest absolute Gasteiger partial charge is 0.494 e. The summed E-state index contributed by atoms with van der Waals surface area (Å²) in [7, 11) is 0. The second-order valence-corrected chi connectivity index (χ2v) is 6.61. The summed E-state index contributed by atoms with van der Waals surface area (Å²) in [5, 5.41) is 2.87. The molecule has 5 N–H and O–H groups in total. The van der Waals surface area contributed by atoms with Gasteiger partial charge in [0, 0.05) is 13.0 Å². The Morgan fingerprint density at radius 3 is 2.69 bits per heavy atom. The standard InChI is InChI=1S/C18H26N6O2/c1-3-26-13-7-8-14(21-12(2)25)15(11-13)24-17(20)22-16(19)23-18(24)9-5-4-6-10-18/h7-8,11H,3-6,9-10H2,1-2H3,(H,21,25)(H4,19,20,22,23). The van der Waals surface area contributed by atoms with E-state index in [2.05, 4.69) is 15.3 Å². The lowest BCUT2D eigenvalue weighted by Gasteiger charge is -2.46. The molecule has 1 heterocycles. The van der Waals surface area contributed by atoms with Crippen molar-refractivity contribution in [2.24, 2.45) is 21.5 Å². The van der Waals surface area contributed by atoms with Gasteiger partial charge in [0.2, 0.25) is 17.8 Å². The lowest BCUT2D eigenvalue weighted by Crippen LogP contribution is -2.58. The molecule has 0 atom stereocenters. The van der Waals surface area contributed by atoms with Crippen LogP contribution in [0.4, 0.5) is 11.4 Å². The van der Waals surface area contributed by atoms with Crippen molar-refractivity contribution in [3.05, 3.63) is 18.2 Å². The molecule has 0 aromatic heterocycles. The quantitative estimate of drug-likeness (QED) is 0.762. The van der Waals surface area contributed by atoms with Gasteiger partial charge in [-0.25, -0.2) is 4.99 Å². The minimum atomic E-state index is -0.577. The Morgan fingerprint density at radius 2 is 2.04 bits per heavy atom. The van der Waals surface area contributed by atoms with Crippen LogP contribution in [-0.4, -0.2) is 30.1 Å². The van der Waals surface area contributed by atoms with Gasteiger partial charge in [-0.3, -0.25) is 9.69 Å². The molecule has 140 valence electrons. The second-order valence-electron chi connectivity index (χ2n) is 6.61. The van der Waals surface area contributed by atoms with E-state index in [1.807, 2.05) is 30.0 Å². The van der Waals surface area contributed by atoms with Crippen LogP contribution in [0.3, 0.4) is 0 Å². The Kier molecular flexibility index (Phi) is 5.01. The van der Waals surface area contributed by atoms with E-state index in [0.717, 1.165) is 32.1 Å². The van der Waals surface area contributed by atoms with Crippen molar-refractivity contribution in [3.8, 4) is 5.75 Å². The van der Waals surface area contributed by atoms with E-state index in [4.69, 9.17) is 16.2 Å². The van der Waals surface area contributed by atoms with Crippen molar-refractivity contribution in [2.45, 2.75) is 51.6 Å². The molecule has 3 rings (SSSR count). The van der Waals surface area contributed by atoms with E-state index in [0.29, 0.717) is 23.7 Å². The zero-order chi connectivity index (χ0) is 18.7. The fraction of sp³-hybridized carbons (Fsp3) is 0.500. The number of hydrogen-bond donors (Lipinski definition) is 3. The Labute approximate surface area is 153 Å². The van der Waals surface area contributed by atoms with Gasteiger partial charge in [-0.1, -0.05) is 6.42 Å². The smallest absolute Gasteiger partial charge is 0.221 e. The molecule has 1 spiro atoms. The number of carbonyl (C=O) groups excluding carboxylic acids is 1. The van der Waals surface area contributed by atoms with Crippen molar-refractivity contribution >= 4 is 29.2 Å². The summed E-state index contributed by atoms with van der Waals surface area (Å²) < 4.78 is 5.65. The number of rotatable bonds is 4. The maximum atomic E-state index is 11.7. The van der Waals surface area contributed by atoms with Crippen LogP contribution in [0.5, 0.6) is 5.75 Å². The van der Waals surface area contributed by atoms with Crippen molar-refractivity contribution in [1.29, 1.82) is 0 Å². The number of amides is 1. The van der Waals surface area contributed by atoms with Crippen molar-refractivity contribution in [2.75, 3.05) is 16.8 Å². The number of anilines is 2. The molecule has 1 saturated carbocycles. The molecule has 0 radical (unpaired) electrons. The first kappa shape index (κ1) is 18.0. The van der Waals surface area contributed by atoms with Gasteiger partial charge in [-0.2, -0.15) is 4.99 Å². The predicted molar refractivity (Wildman–Crippen MR) is 103 cm³/mol. The Balaban J connectivity index is 2.13. The molecule has 1 aromatic carbocycles. The number of guanidine groups is 2. The van der Waals surface area contributed by atoms with Gasteiger partial charge in [0.25, 0.3) is 0 Å². The van der Waals surface area contributed by atoms with Crippen LogP contribution in [0.25, 0.3) is 0 Å². The highest BCUT2D eigenvalue weighted by Crippen LogP contribution is 2.43. The number of nitrogens with zero attached hydrogens (tertiary/aromatic N) is 3. The van der Waals surface area contributed by atoms with Crippen LogP contribution in [-0.2, 0) is 4.79 Å². The molecule has 8 nitrogen and oxygen atoms in total. The first-order valence-corrected chi connectivity index (χ1v) is 8.99. The van der Waals surface area contributed by atoms with Gasteiger partial charge in [-0.05, 0) is 44.7 Å². The molecule has 1 aromatic rings. The molecule has 0 unspecified atom stereocenters. The summed E-state index contributed by atoms with van der Waals surface area (Å²) in [6, 6.07) is 5.50. The average Bonchev–Trinajstić information content (AvgIpc) is 2.57. The van der Waals surface area contributed by atoms with Crippen LogP contribution in [0.15, 0.2) is 28.2 Å².